The molecule has 0 radical (unpaired) electrons. The van der Waals surface area contributed by atoms with Gasteiger partial charge in [-0.25, -0.2) is 8.78 Å². The molecule has 1 aliphatic rings. The van der Waals surface area contributed by atoms with Crippen LogP contribution in [0.3, 0.4) is 0 Å². The van der Waals surface area contributed by atoms with E-state index in [1.165, 1.54) is 6.07 Å². The van der Waals surface area contributed by atoms with E-state index < -0.39 is 11.6 Å². The predicted molar refractivity (Wildman–Crippen MR) is 64.1 cm³/mol. The number of carbonyl (C=O) groups excluding carboxylic acids is 1. The largest absolute Gasteiger partial charge is 0.332 e. The van der Waals surface area contributed by atoms with Gasteiger partial charge in [-0.15, -0.1) is 0 Å². The van der Waals surface area contributed by atoms with E-state index in [0.717, 1.165) is 25.0 Å². The Hall–Kier alpha value is -1.49. The quantitative estimate of drug-likeness (QED) is 0.876. The van der Waals surface area contributed by atoms with Gasteiger partial charge >= 0.3 is 0 Å². The molecule has 0 aromatic heterocycles. The maximum atomic E-state index is 13.1. The van der Waals surface area contributed by atoms with Crippen LogP contribution in [0.15, 0.2) is 18.2 Å². The second-order valence-corrected chi connectivity index (χ2v) is 4.89. The molecule has 1 atom stereocenters. The predicted octanol–water partition coefficient (Wildman–Crippen LogP) is 1.92. The normalized spacial score (nSPS) is 23.4. The number of nitrogens with two attached hydrogens (primary N) is 1. The number of halogens is 2. The van der Waals surface area contributed by atoms with Crippen molar-refractivity contribution in [3.63, 3.8) is 0 Å². The molecule has 0 bridgehead atoms. The van der Waals surface area contributed by atoms with E-state index >= 15 is 0 Å². The van der Waals surface area contributed by atoms with Gasteiger partial charge in [0.1, 0.15) is 0 Å². The summed E-state index contributed by atoms with van der Waals surface area (Å²) in [7, 11) is 0. The average Bonchev–Trinajstić information content (AvgIpc) is 2.75. The first-order valence-electron chi connectivity index (χ1n) is 5.95. The molecule has 1 heterocycles. The molecule has 1 aliphatic heterocycles. The highest BCUT2D eigenvalue weighted by Gasteiger charge is 2.38. The Bertz CT molecular complexity index is 478. The highest BCUT2D eigenvalue weighted by molar-refractivity contribution is 5.95. The lowest BCUT2D eigenvalue weighted by atomic mass is 9.98. The van der Waals surface area contributed by atoms with Crippen molar-refractivity contribution in [2.24, 2.45) is 5.73 Å². The molecular weight excluding hydrogens is 238 g/mol. The summed E-state index contributed by atoms with van der Waals surface area (Å²) >= 11 is 0. The van der Waals surface area contributed by atoms with Crippen molar-refractivity contribution in [2.75, 3.05) is 13.1 Å². The van der Waals surface area contributed by atoms with Crippen LogP contribution < -0.4 is 5.73 Å². The van der Waals surface area contributed by atoms with Gasteiger partial charge in [0, 0.05) is 18.7 Å². The molecule has 18 heavy (non-hydrogen) atoms. The summed E-state index contributed by atoms with van der Waals surface area (Å²) < 4.78 is 26.0. The van der Waals surface area contributed by atoms with Gasteiger partial charge in [0.25, 0.3) is 5.91 Å². The molecule has 2 rings (SSSR count). The van der Waals surface area contributed by atoms with Gasteiger partial charge < -0.3 is 10.6 Å². The molecule has 0 saturated carbocycles. The number of amides is 1. The standard InChI is InChI=1S/C13H16F2N2O/c1-13(8-16)5-2-6-17(13)12(18)9-3-4-10(14)11(15)7-9/h3-4,7H,2,5-6,8,16H2,1H3. The van der Waals surface area contributed by atoms with Crippen LogP contribution >= 0.6 is 0 Å². The molecule has 1 amide bonds. The lowest BCUT2D eigenvalue weighted by Gasteiger charge is -2.34. The van der Waals surface area contributed by atoms with Crippen molar-refractivity contribution in [2.45, 2.75) is 25.3 Å². The van der Waals surface area contributed by atoms with Gasteiger partial charge in [-0.1, -0.05) is 0 Å². The van der Waals surface area contributed by atoms with E-state index in [0.29, 0.717) is 13.1 Å². The first kappa shape index (κ1) is 13.0. The second-order valence-electron chi connectivity index (χ2n) is 4.89. The smallest absolute Gasteiger partial charge is 0.254 e. The zero-order valence-electron chi connectivity index (χ0n) is 10.2. The van der Waals surface area contributed by atoms with Crippen molar-refractivity contribution in [1.29, 1.82) is 0 Å². The van der Waals surface area contributed by atoms with Gasteiger partial charge in [0.05, 0.1) is 5.54 Å². The van der Waals surface area contributed by atoms with E-state index in [2.05, 4.69) is 0 Å². The molecule has 0 spiro atoms. The first-order chi connectivity index (χ1) is 8.48. The van der Waals surface area contributed by atoms with Crippen LogP contribution in [0.1, 0.15) is 30.1 Å². The lowest BCUT2D eigenvalue weighted by Crippen LogP contribution is -2.50. The number of hydrogen-bond donors (Lipinski definition) is 1. The van der Waals surface area contributed by atoms with Gasteiger partial charge in [-0.05, 0) is 38.0 Å². The Morgan fingerprint density at radius 2 is 2.17 bits per heavy atom. The molecule has 1 fully saturated rings. The summed E-state index contributed by atoms with van der Waals surface area (Å²) in [6.07, 6.45) is 1.71. The maximum Gasteiger partial charge on any atom is 0.254 e. The van der Waals surface area contributed by atoms with Crippen LogP contribution in [-0.4, -0.2) is 29.4 Å². The zero-order valence-corrected chi connectivity index (χ0v) is 10.2. The number of benzene rings is 1. The molecule has 5 heteroatoms. The molecule has 1 aromatic rings. The number of rotatable bonds is 2. The number of nitrogens with zero attached hydrogens (tertiary/aromatic N) is 1. The highest BCUT2D eigenvalue weighted by Crippen LogP contribution is 2.29. The lowest BCUT2D eigenvalue weighted by molar-refractivity contribution is 0.0636. The Balaban J connectivity index is 2.28. The van der Waals surface area contributed by atoms with Gasteiger partial charge in [-0.3, -0.25) is 4.79 Å². The second kappa shape index (κ2) is 4.65. The van der Waals surface area contributed by atoms with E-state index in [9.17, 15) is 13.6 Å². The molecule has 0 aliphatic carbocycles. The van der Waals surface area contributed by atoms with E-state index in [1.807, 2.05) is 6.92 Å². The van der Waals surface area contributed by atoms with E-state index in [1.54, 1.807) is 4.90 Å². The molecule has 1 aromatic carbocycles. The Morgan fingerprint density at radius 3 is 2.78 bits per heavy atom. The van der Waals surface area contributed by atoms with Crippen molar-refractivity contribution in [3.05, 3.63) is 35.4 Å². The highest BCUT2D eigenvalue weighted by atomic mass is 19.2. The topological polar surface area (TPSA) is 46.3 Å². The third-order valence-electron chi connectivity index (χ3n) is 3.60. The zero-order chi connectivity index (χ0) is 13.3. The minimum atomic E-state index is -1.01. The van der Waals surface area contributed by atoms with Crippen molar-refractivity contribution in [1.82, 2.24) is 4.90 Å². The summed E-state index contributed by atoms with van der Waals surface area (Å²) in [6.45, 7) is 2.88. The third kappa shape index (κ3) is 2.10. The third-order valence-corrected chi connectivity index (χ3v) is 3.60. The van der Waals surface area contributed by atoms with Crippen LogP contribution in [-0.2, 0) is 0 Å². The fraction of sp³-hybridized carbons (Fsp3) is 0.462. The summed E-state index contributed by atoms with van der Waals surface area (Å²) in [6, 6.07) is 3.21. The van der Waals surface area contributed by atoms with Gasteiger partial charge in [0.15, 0.2) is 11.6 Å². The molecule has 1 saturated heterocycles. The summed E-state index contributed by atoms with van der Waals surface area (Å²) in [5, 5.41) is 0. The summed E-state index contributed by atoms with van der Waals surface area (Å²) in [5.41, 5.74) is 5.48. The minimum Gasteiger partial charge on any atom is -0.332 e. The molecule has 98 valence electrons. The summed E-state index contributed by atoms with van der Waals surface area (Å²) in [4.78, 5) is 13.9. The monoisotopic (exact) mass is 254 g/mol. The average molecular weight is 254 g/mol. The van der Waals surface area contributed by atoms with Crippen LogP contribution in [0.25, 0.3) is 0 Å². The number of carbonyl (C=O) groups is 1. The fourth-order valence-electron chi connectivity index (χ4n) is 2.37. The summed E-state index contributed by atoms with van der Waals surface area (Å²) in [5.74, 6) is -2.25. The first-order valence-corrected chi connectivity index (χ1v) is 5.95. The van der Waals surface area contributed by atoms with E-state index in [4.69, 9.17) is 5.73 Å². The number of hydrogen-bond acceptors (Lipinski definition) is 2. The van der Waals surface area contributed by atoms with Crippen molar-refractivity contribution >= 4 is 5.91 Å². The SMILES string of the molecule is CC1(CN)CCCN1C(=O)c1ccc(F)c(F)c1. The number of likely N-dealkylation sites (tertiary alicyclic amines) is 1. The fourth-order valence-corrected chi connectivity index (χ4v) is 2.37. The van der Waals surface area contributed by atoms with E-state index in [-0.39, 0.29) is 17.0 Å². The molecule has 2 N–H and O–H groups in total. The van der Waals surface area contributed by atoms with Crippen LogP contribution in [0, 0.1) is 11.6 Å². The van der Waals surface area contributed by atoms with Crippen LogP contribution in [0.5, 0.6) is 0 Å². The Labute approximate surface area is 105 Å². The van der Waals surface area contributed by atoms with Crippen LogP contribution in [0.4, 0.5) is 8.78 Å². The van der Waals surface area contributed by atoms with Crippen molar-refractivity contribution < 1.29 is 13.6 Å². The maximum absolute atomic E-state index is 13.1. The molecule has 1 unspecified atom stereocenters. The van der Waals surface area contributed by atoms with Gasteiger partial charge in [0.2, 0.25) is 0 Å². The molecule has 3 nitrogen and oxygen atoms in total. The minimum absolute atomic E-state index is 0.162. The van der Waals surface area contributed by atoms with Crippen molar-refractivity contribution in [3.8, 4) is 0 Å². The molecular formula is C13H16F2N2O. The van der Waals surface area contributed by atoms with Crippen LogP contribution in [0.2, 0.25) is 0 Å². The Kier molecular flexibility index (Phi) is 3.34. The van der Waals surface area contributed by atoms with Gasteiger partial charge in [-0.2, -0.15) is 0 Å². The Morgan fingerprint density at radius 1 is 1.44 bits per heavy atom.